The summed E-state index contributed by atoms with van der Waals surface area (Å²) in [5.74, 6) is 0.855. The van der Waals surface area contributed by atoms with Gasteiger partial charge in [0.1, 0.15) is 23.7 Å². The minimum Gasteiger partial charge on any atom is -0.368 e. The van der Waals surface area contributed by atoms with Crippen molar-refractivity contribution in [3.05, 3.63) is 31.5 Å². The van der Waals surface area contributed by atoms with E-state index in [0.29, 0.717) is 5.65 Å². The van der Waals surface area contributed by atoms with E-state index in [2.05, 4.69) is 52.1 Å². The highest BCUT2D eigenvalue weighted by molar-refractivity contribution is 5.81. The third kappa shape index (κ3) is 5.70. The first-order chi connectivity index (χ1) is 13.9. The Morgan fingerprint density at radius 3 is 2.39 bits per heavy atom. The lowest BCUT2D eigenvalue weighted by Crippen LogP contribution is -2.04. The maximum atomic E-state index is 4.24. The molecule has 4 aromatic rings. The molecule has 0 saturated carbocycles. The molecule has 0 aliphatic heterocycles. The molecule has 0 bridgehead atoms. The van der Waals surface area contributed by atoms with Crippen LogP contribution in [0.4, 0.5) is 5.82 Å². The molecule has 0 unspecified atom stereocenters. The summed E-state index contributed by atoms with van der Waals surface area (Å²) in [6.45, 7) is 3.21. The van der Waals surface area contributed by atoms with Gasteiger partial charge in [0.2, 0.25) is 0 Å². The highest BCUT2D eigenvalue weighted by Gasteiger charge is 2.04. The van der Waals surface area contributed by atoms with Gasteiger partial charge in [0.25, 0.3) is 0 Å². The molecule has 3 N–H and O–H groups in total. The Labute approximate surface area is 163 Å². The van der Waals surface area contributed by atoms with Gasteiger partial charge in [-0.3, -0.25) is 0 Å². The Balaban J connectivity index is 0.000000206. The maximum Gasteiger partial charge on any atom is 0.182 e. The van der Waals surface area contributed by atoms with Gasteiger partial charge in [0.15, 0.2) is 17.1 Å². The predicted molar refractivity (Wildman–Crippen MR) is 110 cm³/mol. The number of aromatic nitrogens is 8. The molecular formula is C19H27N9. The molecule has 0 spiro atoms. The molecule has 4 aromatic heterocycles. The molecule has 9 heteroatoms. The first-order valence-corrected chi connectivity index (χ1v) is 9.85. The van der Waals surface area contributed by atoms with Gasteiger partial charge >= 0.3 is 0 Å². The first-order valence-electron chi connectivity index (χ1n) is 9.85. The van der Waals surface area contributed by atoms with Crippen LogP contribution in [0.5, 0.6) is 0 Å². The van der Waals surface area contributed by atoms with Crippen molar-refractivity contribution < 1.29 is 0 Å². The minimum atomic E-state index is 0.713. The predicted octanol–water partition coefficient (Wildman–Crippen LogP) is 3.87. The monoisotopic (exact) mass is 381 g/mol. The van der Waals surface area contributed by atoms with Gasteiger partial charge in [0, 0.05) is 6.54 Å². The smallest absolute Gasteiger partial charge is 0.182 e. The molecule has 0 atom stereocenters. The fourth-order valence-electron chi connectivity index (χ4n) is 2.88. The summed E-state index contributed by atoms with van der Waals surface area (Å²) in [7, 11) is 0. The number of imidazole rings is 2. The molecule has 0 aliphatic carbocycles. The van der Waals surface area contributed by atoms with Crippen LogP contribution in [0.3, 0.4) is 0 Å². The van der Waals surface area contributed by atoms with Gasteiger partial charge in [-0.05, 0) is 6.42 Å². The summed E-state index contributed by atoms with van der Waals surface area (Å²) in [6.07, 6.45) is 17.2. The molecule has 0 aliphatic rings. The number of anilines is 1. The summed E-state index contributed by atoms with van der Waals surface area (Å²) < 4.78 is 0. The molecule has 4 heterocycles. The highest BCUT2D eigenvalue weighted by Crippen LogP contribution is 2.14. The third-order valence-electron chi connectivity index (χ3n) is 4.39. The SMILES string of the molecule is CCCCCCCCCNc1ncnc2nc[nH]c12.c1ncc2[nH]cnc2n1. The zero-order valence-corrected chi connectivity index (χ0v) is 16.2. The van der Waals surface area contributed by atoms with Crippen LogP contribution in [0.1, 0.15) is 51.9 Å². The normalized spacial score (nSPS) is 10.8. The van der Waals surface area contributed by atoms with Crippen LogP contribution in [0.15, 0.2) is 31.5 Å². The Bertz CT molecular complexity index is 916. The second-order valence-electron chi connectivity index (χ2n) is 6.53. The van der Waals surface area contributed by atoms with E-state index >= 15 is 0 Å². The Kier molecular flexibility index (Phi) is 7.66. The van der Waals surface area contributed by atoms with Crippen LogP contribution in [0.25, 0.3) is 22.3 Å². The standard InChI is InChI=1S/C14H23N5.C5H4N4/c1-2-3-4-5-6-7-8-9-15-13-12-14(17-10-16-12)19-11-18-13;1-4-5(8-2-6-1)9-3-7-4/h10-11H,2-9H2,1H3,(H2,15,16,17,18,19);1-3H,(H,6,7,8,9). The lowest BCUT2D eigenvalue weighted by molar-refractivity contribution is 0.596. The fourth-order valence-corrected chi connectivity index (χ4v) is 2.88. The second-order valence-corrected chi connectivity index (χ2v) is 6.53. The van der Waals surface area contributed by atoms with Crippen molar-refractivity contribution in [3.8, 4) is 0 Å². The lowest BCUT2D eigenvalue weighted by atomic mass is 10.1. The van der Waals surface area contributed by atoms with Crippen molar-refractivity contribution in [2.45, 2.75) is 51.9 Å². The fraction of sp³-hybridized carbons (Fsp3) is 0.474. The third-order valence-corrected chi connectivity index (χ3v) is 4.39. The van der Waals surface area contributed by atoms with Crippen LogP contribution in [-0.4, -0.2) is 46.4 Å². The number of fused-ring (bicyclic) bond motifs is 2. The van der Waals surface area contributed by atoms with Crippen LogP contribution < -0.4 is 5.32 Å². The maximum absolute atomic E-state index is 4.24. The molecule has 148 valence electrons. The Morgan fingerprint density at radius 1 is 0.786 bits per heavy atom. The van der Waals surface area contributed by atoms with Crippen LogP contribution in [0, 0.1) is 0 Å². The number of aromatic amines is 2. The van der Waals surface area contributed by atoms with Gasteiger partial charge in [-0.1, -0.05) is 45.4 Å². The van der Waals surface area contributed by atoms with Crippen LogP contribution in [-0.2, 0) is 0 Å². The summed E-state index contributed by atoms with van der Waals surface area (Å²) in [6, 6.07) is 0. The van der Waals surface area contributed by atoms with Gasteiger partial charge < -0.3 is 15.3 Å². The summed E-state index contributed by atoms with van der Waals surface area (Å²) in [5, 5.41) is 3.35. The lowest BCUT2D eigenvalue weighted by Gasteiger charge is -2.05. The molecule has 0 radical (unpaired) electrons. The molecule has 9 nitrogen and oxygen atoms in total. The number of H-pyrrole nitrogens is 2. The molecule has 28 heavy (non-hydrogen) atoms. The summed E-state index contributed by atoms with van der Waals surface area (Å²) in [4.78, 5) is 30.0. The van der Waals surface area contributed by atoms with E-state index in [-0.39, 0.29) is 0 Å². The molecule has 0 fully saturated rings. The van der Waals surface area contributed by atoms with Crippen molar-refractivity contribution in [2.75, 3.05) is 11.9 Å². The van der Waals surface area contributed by atoms with Crippen molar-refractivity contribution in [2.24, 2.45) is 0 Å². The van der Waals surface area contributed by atoms with Crippen LogP contribution in [0.2, 0.25) is 0 Å². The van der Waals surface area contributed by atoms with Gasteiger partial charge in [-0.25, -0.2) is 29.9 Å². The molecule has 4 rings (SSSR count). The summed E-state index contributed by atoms with van der Waals surface area (Å²) in [5.41, 5.74) is 3.20. The second kappa shape index (κ2) is 10.9. The number of rotatable bonds is 9. The van der Waals surface area contributed by atoms with Gasteiger partial charge in [-0.2, -0.15) is 0 Å². The van der Waals surface area contributed by atoms with E-state index in [1.807, 2.05) is 0 Å². The van der Waals surface area contributed by atoms with Crippen molar-refractivity contribution in [1.82, 2.24) is 39.9 Å². The van der Waals surface area contributed by atoms with E-state index in [4.69, 9.17) is 0 Å². The number of nitrogens with zero attached hydrogens (tertiary/aromatic N) is 6. The number of hydrogen-bond donors (Lipinski definition) is 3. The Hall–Kier alpha value is -3.10. The van der Waals surface area contributed by atoms with Gasteiger partial charge in [0.05, 0.1) is 18.9 Å². The highest BCUT2D eigenvalue weighted by atomic mass is 15.1. The average molecular weight is 381 g/mol. The van der Waals surface area contributed by atoms with E-state index in [1.165, 1.54) is 51.3 Å². The van der Waals surface area contributed by atoms with E-state index in [9.17, 15) is 0 Å². The number of nitrogens with one attached hydrogen (secondary N) is 3. The molecule has 0 saturated heterocycles. The number of unbranched alkanes of at least 4 members (excludes halogenated alkanes) is 6. The van der Waals surface area contributed by atoms with Crippen LogP contribution >= 0.6 is 0 Å². The van der Waals surface area contributed by atoms with E-state index < -0.39 is 0 Å². The number of hydrogen-bond acceptors (Lipinski definition) is 7. The largest absolute Gasteiger partial charge is 0.368 e. The van der Waals surface area contributed by atoms with Crippen molar-refractivity contribution in [1.29, 1.82) is 0 Å². The molecule has 0 amide bonds. The minimum absolute atomic E-state index is 0.713. The van der Waals surface area contributed by atoms with Crippen molar-refractivity contribution >= 4 is 28.1 Å². The van der Waals surface area contributed by atoms with E-state index in [0.717, 1.165) is 29.0 Å². The van der Waals surface area contributed by atoms with Gasteiger partial charge in [-0.15, -0.1) is 0 Å². The first kappa shape index (κ1) is 19.7. The zero-order chi connectivity index (χ0) is 19.4. The Morgan fingerprint density at radius 2 is 1.54 bits per heavy atom. The van der Waals surface area contributed by atoms with Crippen molar-refractivity contribution in [3.63, 3.8) is 0 Å². The zero-order valence-electron chi connectivity index (χ0n) is 16.2. The topological polar surface area (TPSA) is 121 Å². The summed E-state index contributed by atoms with van der Waals surface area (Å²) >= 11 is 0. The molecule has 0 aromatic carbocycles. The molecular weight excluding hydrogens is 354 g/mol. The average Bonchev–Trinajstić information content (AvgIpc) is 3.40. The van der Waals surface area contributed by atoms with E-state index in [1.54, 1.807) is 25.2 Å². The quantitative estimate of drug-likeness (QED) is 0.376.